The summed E-state index contributed by atoms with van der Waals surface area (Å²) in [6.45, 7) is 11.4. The third-order valence-electron chi connectivity index (χ3n) is 5.59. The van der Waals surface area contributed by atoms with Gasteiger partial charge in [-0.15, -0.1) is 24.0 Å². The fraction of sp³-hybridized carbons (Fsp3) is 0.947. The van der Waals surface area contributed by atoms with Gasteiger partial charge >= 0.3 is 0 Å². The number of guanidine groups is 1. The van der Waals surface area contributed by atoms with Crippen LogP contribution < -0.4 is 10.6 Å². The minimum Gasteiger partial charge on any atom is -0.381 e. The molecule has 0 aromatic rings. The molecule has 2 N–H and O–H groups in total. The first-order valence-electron chi connectivity index (χ1n) is 9.68. The number of hydrogen-bond acceptors (Lipinski definition) is 3. The number of nitrogens with one attached hydrogen (secondary N) is 2. The van der Waals surface area contributed by atoms with E-state index in [0.29, 0.717) is 10.2 Å². The highest BCUT2D eigenvalue weighted by Gasteiger charge is 2.37. The molecule has 0 unspecified atom stereocenters. The molecular weight excluding hydrogens is 445 g/mol. The summed E-state index contributed by atoms with van der Waals surface area (Å²) in [6, 6.07) is 0. The van der Waals surface area contributed by atoms with Crippen LogP contribution in [0, 0.1) is 11.3 Å². The minimum atomic E-state index is 0. The summed E-state index contributed by atoms with van der Waals surface area (Å²) in [7, 11) is 0. The zero-order chi connectivity index (χ0) is 17.5. The van der Waals surface area contributed by atoms with Gasteiger partial charge in [0.25, 0.3) is 0 Å². The number of nitrogens with zero attached hydrogens (tertiary/aromatic N) is 1. The Balaban J connectivity index is 0.00000312. The van der Waals surface area contributed by atoms with Crippen molar-refractivity contribution in [3.63, 3.8) is 0 Å². The topological polar surface area (TPSA) is 45.7 Å². The second-order valence-corrected chi connectivity index (χ2v) is 9.27. The maximum Gasteiger partial charge on any atom is 0.191 e. The normalized spacial score (nSPS) is 22.0. The number of aliphatic imine (C=N–C) groups is 1. The number of halogens is 1. The SMILES string of the molecule is CCNC(=NCC1(CC(C)C)CCC1)NCC1(SC)CCOCC1.I. The van der Waals surface area contributed by atoms with Gasteiger partial charge in [-0.3, -0.25) is 4.99 Å². The van der Waals surface area contributed by atoms with Crippen molar-refractivity contribution < 1.29 is 4.74 Å². The lowest BCUT2D eigenvalue weighted by atomic mass is 9.64. The van der Waals surface area contributed by atoms with Crippen molar-refractivity contribution in [1.82, 2.24) is 10.6 Å². The van der Waals surface area contributed by atoms with Crippen LogP contribution in [-0.2, 0) is 4.74 Å². The molecule has 2 rings (SSSR count). The van der Waals surface area contributed by atoms with E-state index in [9.17, 15) is 0 Å². The number of thioether (sulfide) groups is 1. The fourth-order valence-electron chi connectivity index (χ4n) is 4.00. The first-order valence-corrected chi connectivity index (χ1v) is 10.9. The molecule has 0 aromatic heterocycles. The van der Waals surface area contributed by atoms with Gasteiger partial charge in [-0.1, -0.05) is 20.3 Å². The Bertz CT molecular complexity index is 407. The quantitative estimate of drug-likeness (QED) is 0.307. The molecule has 25 heavy (non-hydrogen) atoms. The highest BCUT2D eigenvalue weighted by Crippen LogP contribution is 2.46. The lowest BCUT2D eigenvalue weighted by Crippen LogP contribution is -2.48. The molecule has 1 saturated heterocycles. The van der Waals surface area contributed by atoms with Crippen LogP contribution >= 0.6 is 35.7 Å². The predicted octanol–water partition coefficient (Wildman–Crippen LogP) is 4.29. The lowest BCUT2D eigenvalue weighted by Gasteiger charge is -2.42. The summed E-state index contributed by atoms with van der Waals surface area (Å²) in [5, 5.41) is 7.05. The molecule has 2 aliphatic rings. The van der Waals surface area contributed by atoms with Gasteiger partial charge in [0.15, 0.2) is 5.96 Å². The van der Waals surface area contributed by atoms with Gasteiger partial charge in [-0.25, -0.2) is 0 Å². The van der Waals surface area contributed by atoms with E-state index < -0.39 is 0 Å². The van der Waals surface area contributed by atoms with Crippen molar-refractivity contribution in [3.05, 3.63) is 0 Å². The molecular formula is C19H38IN3OS. The minimum absolute atomic E-state index is 0. The zero-order valence-corrected chi connectivity index (χ0v) is 19.7. The van der Waals surface area contributed by atoms with Gasteiger partial charge in [-0.05, 0) is 56.6 Å². The molecule has 148 valence electrons. The van der Waals surface area contributed by atoms with Gasteiger partial charge in [0.2, 0.25) is 0 Å². The summed E-state index contributed by atoms with van der Waals surface area (Å²) < 4.78 is 5.84. The van der Waals surface area contributed by atoms with E-state index in [4.69, 9.17) is 9.73 Å². The van der Waals surface area contributed by atoms with Crippen molar-refractivity contribution in [1.29, 1.82) is 0 Å². The van der Waals surface area contributed by atoms with Crippen LogP contribution in [0.25, 0.3) is 0 Å². The summed E-state index contributed by atoms with van der Waals surface area (Å²) in [5.41, 5.74) is 0.465. The number of ether oxygens (including phenoxy) is 1. The first kappa shape index (κ1) is 23.3. The van der Waals surface area contributed by atoms with Gasteiger partial charge in [0, 0.05) is 37.6 Å². The average Bonchev–Trinajstić information content (AvgIpc) is 2.55. The Kier molecular flexibility index (Phi) is 10.5. The van der Waals surface area contributed by atoms with Crippen molar-refractivity contribution >= 4 is 41.7 Å². The Hall–Kier alpha value is 0.310. The molecule has 1 saturated carbocycles. The molecule has 1 aliphatic heterocycles. The van der Waals surface area contributed by atoms with E-state index >= 15 is 0 Å². The molecule has 0 bridgehead atoms. The Morgan fingerprint density at radius 2 is 1.84 bits per heavy atom. The van der Waals surface area contributed by atoms with Crippen molar-refractivity contribution in [2.45, 2.75) is 64.0 Å². The zero-order valence-electron chi connectivity index (χ0n) is 16.5. The van der Waals surface area contributed by atoms with E-state index in [1.54, 1.807) is 0 Å². The largest absolute Gasteiger partial charge is 0.381 e. The standard InChI is InChI=1S/C19H37N3OS.HI/c1-5-20-17(21-14-18(7-6-8-18)13-16(2)3)22-15-19(24-4)9-11-23-12-10-19;/h16H,5-15H2,1-4H3,(H2,20,21,22);1H. The molecule has 4 nitrogen and oxygen atoms in total. The molecule has 0 atom stereocenters. The Morgan fingerprint density at radius 3 is 2.32 bits per heavy atom. The third kappa shape index (κ3) is 7.09. The summed E-state index contributed by atoms with van der Waals surface area (Å²) >= 11 is 1.98. The van der Waals surface area contributed by atoms with Crippen LogP contribution in [0.5, 0.6) is 0 Å². The van der Waals surface area contributed by atoms with E-state index in [1.165, 1.54) is 25.7 Å². The van der Waals surface area contributed by atoms with Crippen molar-refractivity contribution in [3.8, 4) is 0 Å². The second kappa shape index (κ2) is 11.2. The highest BCUT2D eigenvalue weighted by atomic mass is 127. The summed E-state index contributed by atoms with van der Waals surface area (Å²) in [5.74, 6) is 1.76. The maximum absolute atomic E-state index is 5.55. The smallest absolute Gasteiger partial charge is 0.191 e. The number of hydrogen-bond donors (Lipinski definition) is 2. The fourth-order valence-corrected chi connectivity index (χ4v) is 4.79. The molecule has 0 spiro atoms. The van der Waals surface area contributed by atoms with E-state index in [2.05, 4.69) is 37.7 Å². The third-order valence-corrected chi connectivity index (χ3v) is 7.01. The van der Waals surface area contributed by atoms with Crippen LogP contribution in [0.15, 0.2) is 4.99 Å². The monoisotopic (exact) mass is 483 g/mol. The average molecular weight is 484 g/mol. The van der Waals surface area contributed by atoms with Gasteiger partial charge in [-0.2, -0.15) is 11.8 Å². The van der Waals surface area contributed by atoms with Crippen LogP contribution in [0.4, 0.5) is 0 Å². The molecule has 2 fully saturated rings. The number of rotatable bonds is 8. The van der Waals surface area contributed by atoms with Crippen molar-refractivity contribution in [2.24, 2.45) is 16.3 Å². The lowest BCUT2D eigenvalue weighted by molar-refractivity contribution is 0.0782. The molecule has 6 heteroatoms. The van der Waals surface area contributed by atoms with Crippen LogP contribution in [0.1, 0.15) is 59.3 Å². The van der Waals surface area contributed by atoms with Crippen LogP contribution in [0.3, 0.4) is 0 Å². The van der Waals surface area contributed by atoms with Crippen LogP contribution in [0.2, 0.25) is 0 Å². The Morgan fingerprint density at radius 1 is 1.16 bits per heavy atom. The first-order chi connectivity index (χ1) is 11.5. The molecule has 0 amide bonds. The van der Waals surface area contributed by atoms with E-state index in [0.717, 1.165) is 57.6 Å². The van der Waals surface area contributed by atoms with Gasteiger partial charge in [0.1, 0.15) is 0 Å². The molecule has 0 radical (unpaired) electrons. The molecule has 1 aliphatic carbocycles. The van der Waals surface area contributed by atoms with Gasteiger partial charge < -0.3 is 15.4 Å². The van der Waals surface area contributed by atoms with Crippen LogP contribution in [-0.4, -0.2) is 49.8 Å². The van der Waals surface area contributed by atoms with E-state index in [-0.39, 0.29) is 24.0 Å². The van der Waals surface area contributed by atoms with E-state index in [1.807, 2.05) is 11.8 Å². The summed E-state index contributed by atoms with van der Waals surface area (Å²) in [6.07, 6.45) is 9.85. The van der Waals surface area contributed by atoms with Crippen molar-refractivity contribution in [2.75, 3.05) is 39.1 Å². The Labute approximate surface area is 176 Å². The molecule has 1 heterocycles. The van der Waals surface area contributed by atoms with Gasteiger partial charge in [0.05, 0.1) is 0 Å². The predicted molar refractivity (Wildman–Crippen MR) is 121 cm³/mol. The molecule has 0 aromatic carbocycles. The highest BCUT2D eigenvalue weighted by molar-refractivity contribution is 14.0. The maximum atomic E-state index is 5.55. The second-order valence-electron chi connectivity index (χ2n) is 8.00. The summed E-state index contributed by atoms with van der Waals surface area (Å²) in [4.78, 5) is 4.96.